The molecular weight excluding hydrogens is 244 g/mol. The van der Waals surface area contributed by atoms with E-state index < -0.39 is 0 Å². The molecule has 0 saturated carbocycles. The fourth-order valence-electron chi connectivity index (χ4n) is 2.05. The molecule has 1 aliphatic heterocycles. The van der Waals surface area contributed by atoms with Crippen LogP contribution in [0.3, 0.4) is 0 Å². The van der Waals surface area contributed by atoms with Crippen molar-refractivity contribution in [2.75, 3.05) is 5.75 Å². The second-order valence-electron chi connectivity index (χ2n) is 4.46. The first-order valence-corrected chi connectivity index (χ1v) is 7.13. The number of fused-ring (bicyclic) bond motifs is 1. The van der Waals surface area contributed by atoms with Crippen LogP contribution in [0, 0.1) is 6.92 Å². The van der Waals surface area contributed by atoms with Gasteiger partial charge in [0, 0.05) is 16.9 Å². The van der Waals surface area contributed by atoms with E-state index >= 15 is 0 Å². The number of thioether (sulfide) groups is 1. The van der Waals surface area contributed by atoms with Gasteiger partial charge < -0.3 is 5.11 Å². The summed E-state index contributed by atoms with van der Waals surface area (Å²) in [6, 6.07) is 8.05. The summed E-state index contributed by atoms with van der Waals surface area (Å²) in [6.07, 6.45) is 0.912. The van der Waals surface area contributed by atoms with Gasteiger partial charge in [-0.1, -0.05) is 29.8 Å². The van der Waals surface area contributed by atoms with Gasteiger partial charge in [0.2, 0.25) is 5.88 Å². The second kappa shape index (κ2) is 4.61. The lowest BCUT2D eigenvalue weighted by Gasteiger charge is -2.16. The van der Waals surface area contributed by atoms with Crippen molar-refractivity contribution in [3.05, 3.63) is 41.1 Å². The smallest absolute Gasteiger partial charge is 0.218 e. The van der Waals surface area contributed by atoms with Gasteiger partial charge in [0.05, 0.1) is 5.69 Å². The fraction of sp³-hybridized carbons (Fsp3) is 0.286. The Bertz CT molecular complexity index is 581. The average molecular weight is 258 g/mol. The van der Waals surface area contributed by atoms with Crippen LogP contribution in [0.5, 0.6) is 5.88 Å². The molecular formula is C14H14N2OS. The van der Waals surface area contributed by atoms with Crippen LogP contribution in [0.25, 0.3) is 11.4 Å². The van der Waals surface area contributed by atoms with Crippen LogP contribution in [-0.4, -0.2) is 20.8 Å². The van der Waals surface area contributed by atoms with Crippen molar-refractivity contribution >= 4 is 11.8 Å². The molecule has 2 heterocycles. The predicted molar refractivity (Wildman–Crippen MR) is 73.7 cm³/mol. The number of aromatic hydroxyl groups is 1. The molecule has 0 atom stereocenters. The van der Waals surface area contributed by atoms with Gasteiger partial charge in [-0.25, -0.2) is 4.98 Å². The average Bonchev–Trinajstić information content (AvgIpc) is 2.39. The van der Waals surface area contributed by atoms with Crippen molar-refractivity contribution in [1.82, 2.24) is 9.97 Å². The van der Waals surface area contributed by atoms with E-state index in [2.05, 4.69) is 9.97 Å². The van der Waals surface area contributed by atoms with E-state index in [-0.39, 0.29) is 5.88 Å². The minimum atomic E-state index is 0.141. The van der Waals surface area contributed by atoms with Crippen LogP contribution in [0.15, 0.2) is 24.3 Å². The standard InChI is InChI=1S/C14H14N2OS/c1-9-2-4-10(5-3-9)13-15-12-6-7-18-8-11(12)14(17)16-13/h2-5H,6-8H2,1H3,(H,15,16,17). The van der Waals surface area contributed by atoms with Crippen LogP contribution in [-0.2, 0) is 12.2 Å². The van der Waals surface area contributed by atoms with E-state index in [1.54, 1.807) is 0 Å². The van der Waals surface area contributed by atoms with Gasteiger partial charge in [0.1, 0.15) is 0 Å². The fourth-order valence-corrected chi connectivity index (χ4v) is 3.03. The third kappa shape index (κ3) is 2.08. The molecule has 1 aromatic carbocycles. The number of aromatic nitrogens is 2. The highest BCUT2D eigenvalue weighted by Gasteiger charge is 2.18. The molecule has 1 aliphatic rings. The first-order chi connectivity index (χ1) is 8.74. The second-order valence-corrected chi connectivity index (χ2v) is 5.57. The molecule has 4 heteroatoms. The monoisotopic (exact) mass is 258 g/mol. The van der Waals surface area contributed by atoms with Crippen LogP contribution < -0.4 is 0 Å². The molecule has 0 bridgehead atoms. The Balaban J connectivity index is 2.08. The van der Waals surface area contributed by atoms with Crippen molar-refractivity contribution in [3.8, 4) is 17.3 Å². The lowest BCUT2D eigenvalue weighted by atomic mass is 10.1. The minimum Gasteiger partial charge on any atom is -0.493 e. The summed E-state index contributed by atoms with van der Waals surface area (Å²) in [5.41, 5.74) is 4.06. The number of benzene rings is 1. The zero-order chi connectivity index (χ0) is 12.5. The molecule has 0 fully saturated rings. The molecule has 3 nitrogen and oxygen atoms in total. The van der Waals surface area contributed by atoms with Crippen LogP contribution in [0.2, 0.25) is 0 Å². The Kier molecular flexibility index (Phi) is 2.96. The van der Waals surface area contributed by atoms with Crippen molar-refractivity contribution in [1.29, 1.82) is 0 Å². The molecule has 1 N–H and O–H groups in total. The quantitative estimate of drug-likeness (QED) is 0.854. The van der Waals surface area contributed by atoms with Crippen molar-refractivity contribution < 1.29 is 5.11 Å². The van der Waals surface area contributed by atoms with Gasteiger partial charge >= 0.3 is 0 Å². The van der Waals surface area contributed by atoms with Gasteiger partial charge in [0.25, 0.3) is 0 Å². The summed E-state index contributed by atoms with van der Waals surface area (Å²) >= 11 is 1.82. The van der Waals surface area contributed by atoms with E-state index in [9.17, 15) is 5.11 Å². The number of nitrogens with zero attached hydrogens (tertiary/aromatic N) is 2. The molecule has 0 radical (unpaired) electrons. The highest BCUT2D eigenvalue weighted by Crippen LogP contribution is 2.31. The minimum absolute atomic E-state index is 0.141. The Labute approximate surface area is 110 Å². The van der Waals surface area contributed by atoms with E-state index in [0.29, 0.717) is 5.82 Å². The zero-order valence-corrected chi connectivity index (χ0v) is 11.0. The number of rotatable bonds is 1. The maximum atomic E-state index is 9.99. The van der Waals surface area contributed by atoms with Gasteiger partial charge in [-0.2, -0.15) is 16.7 Å². The lowest BCUT2D eigenvalue weighted by Crippen LogP contribution is -2.08. The highest BCUT2D eigenvalue weighted by molar-refractivity contribution is 7.98. The number of hydrogen-bond donors (Lipinski definition) is 1. The van der Waals surface area contributed by atoms with Crippen LogP contribution >= 0.6 is 11.8 Å². The van der Waals surface area contributed by atoms with Crippen LogP contribution in [0.4, 0.5) is 0 Å². The summed E-state index contributed by atoms with van der Waals surface area (Å²) < 4.78 is 0. The van der Waals surface area contributed by atoms with E-state index in [1.165, 1.54) is 5.56 Å². The largest absolute Gasteiger partial charge is 0.493 e. The molecule has 92 valence electrons. The molecule has 3 rings (SSSR count). The normalized spacial score (nSPS) is 14.3. The summed E-state index contributed by atoms with van der Waals surface area (Å²) in [6.45, 7) is 2.05. The van der Waals surface area contributed by atoms with E-state index in [1.807, 2.05) is 43.0 Å². The SMILES string of the molecule is Cc1ccc(-c2nc(O)c3c(n2)CCSC3)cc1. The van der Waals surface area contributed by atoms with Gasteiger partial charge in [0.15, 0.2) is 5.82 Å². The number of aryl methyl sites for hydroxylation is 2. The molecule has 0 unspecified atom stereocenters. The first kappa shape index (κ1) is 11.5. The van der Waals surface area contributed by atoms with Gasteiger partial charge in [-0.15, -0.1) is 0 Å². The lowest BCUT2D eigenvalue weighted by molar-refractivity contribution is 0.446. The Morgan fingerprint density at radius 2 is 1.94 bits per heavy atom. The summed E-state index contributed by atoms with van der Waals surface area (Å²) in [5.74, 6) is 2.65. The molecule has 1 aromatic heterocycles. The topological polar surface area (TPSA) is 46.0 Å². The first-order valence-electron chi connectivity index (χ1n) is 5.97. The maximum absolute atomic E-state index is 9.99. The summed E-state index contributed by atoms with van der Waals surface area (Å²) in [5, 5.41) is 9.99. The van der Waals surface area contributed by atoms with Crippen molar-refractivity contribution in [2.45, 2.75) is 19.1 Å². The Morgan fingerprint density at radius 1 is 1.17 bits per heavy atom. The molecule has 0 aliphatic carbocycles. The molecule has 18 heavy (non-hydrogen) atoms. The molecule has 2 aromatic rings. The van der Waals surface area contributed by atoms with Crippen molar-refractivity contribution in [2.24, 2.45) is 0 Å². The van der Waals surface area contributed by atoms with Crippen LogP contribution in [0.1, 0.15) is 16.8 Å². The summed E-state index contributed by atoms with van der Waals surface area (Å²) in [7, 11) is 0. The molecule has 0 spiro atoms. The molecule has 0 saturated heterocycles. The van der Waals surface area contributed by atoms with Gasteiger partial charge in [-0.3, -0.25) is 0 Å². The third-order valence-corrected chi connectivity index (χ3v) is 4.10. The zero-order valence-electron chi connectivity index (χ0n) is 10.2. The predicted octanol–water partition coefficient (Wildman–Crippen LogP) is 2.95. The van der Waals surface area contributed by atoms with Crippen molar-refractivity contribution in [3.63, 3.8) is 0 Å². The number of hydrogen-bond acceptors (Lipinski definition) is 4. The Morgan fingerprint density at radius 3 is 2.72 bits per heavy atom. The van der Waals surface area contributed by atoms with E-state index in [4.69, 9.17) is 0 Å². The van der Waals surface area contributed by atoms with Gasteiger partial charge in [-0.05, 0) is 19.1 Å². The third-order valence-electron chi connectivity index (χ3n) is 3.11. The maximum Gasteiger partial charge on any atom is 0.218 e. The Hall–Kier alpha value is -1.55. The summed E-state index contributed by atoms with van der Waals surface area (Å²) in [4.78, 5) is 8.81. The van der Waals surface area contributed by atoms with E-state index in [0.717, 1.165) is 34.7 Å². The highest BCUT2D eigenvalue weighted by atomic mass is 32.2. The molecule has 0 amide bonds.